The highest BCUT2D eigenvalue weighted by Gasteiger charge is 2.18. The fourth-order valence-electron chi connectivity index (χ4n) is 4.44. The van der Waals surface area contributed by atoms with Crippen LogP contribution in [0.4, 0.5) is 0 Å². The first-order valence-corrected chi connectivity index (χ1v) is 13.3. The van der Waals surface area contributed by atoms with Gasteiger partial charge < -0.3 is 9.88 Å². The quantitative estimate of drug-likeness (QED) is 0.208. The number of fused-ring (bicyclic) bond motifs is 1. The zero-order valence-corrected chi connectivity index (χ0v) is 23.7. The van der Waals surface area contributed by atoms with Crippen molar-refractivity contribution in [3.05, 3.63) is 113 Å². The van der Waals surface area contributed by atoms with Gasteiger partial charge in [0.2, 0.25) is 0 Å². The molecule has 0 aliphatic heterocycles. The summed E-state index contributed by atoms with van der Waals surface area (Å²) in [4.78, 5) is 12.7. The number of likely N-dealkylation sites (N-methyl/N-ethyl adjacent to an activating group) is 1. The van der Waals surface area contributed by atoms with Crippen molar-refractivity contribution in [2.45, 2.75) is 20.8 Å². The van der Waals surface area contributed by atoms with Crippen LogP contribution in [0.15, 0.2) is 86.2 Å². The molecular formula is C32H35N5S. The second kappa shape index (κ2) is 11.6. The largest absolute Gasteiger partial charge is 0.357 e. The summed E-state index contributed by atoms with van der Waals surface area (Å²) < 4.78 is 0. The topological polar surface area (TPSA) is 60.6 Å². The number of allylic oxidation sites excluding steroid dienone is 6. The molecule has 0 aliphatic carbocycles. The molecule has 6 heteroatoms. The van der Waals surface area contributed by atoms with Crippen LogP contribution in [0.2, 0.25) is 0 Å². The van der Waals surface area contributed by atoms with Gasteiger partial charge in [0.05, 0.1) is 11.4 Å². The molecule has 2 N–H and O–H groups in total. The van der Waals surface area contributed by atoms with E-state index in [9.17, 15) is 0 Å². The van der Waals surface area contributed by atoms with Gasteiger partial charge in [0, 0.05) is 50.3 Å². The molecule has 0 spiro atoms. The van der Waals surface area contributed by atoms with Gasteiger partial charge >= 0.3 is 0 Å². The number of hydrogen-bond donors (Lipinski definition) is 2. The number of nitrogens with zero attached hydrogens (tertiary/aromatic N) is 3. The van der Waals surface area contributed by atoms with E-state index in [2.05, 4.69) is 108 Å². The first kappa shape index (κ1) is 27.0. The molecule has 0 bridgehead atoms. The first-order valence-electron chi connectivity index (χ1n) is 12.5. The summed E-state index contributed by atoms with van der Waals surface area (Å²) >= 11 is 1.74. The van der Waals surface area contributed by atoms with Gasteiger partial charge in [-0.2, -0.15) is 5.10 Å². The zero-order valence-electron chi connectivity index (χ0n) is 22.9. The Kier molecular flexibility index (Phi) is 8.25. The Morgan fingerprint density at radius 2 is 1.92 bits per heavy atom. The smallest absolute Gasteiger partial charge is 0.181 e. The number of aryl methyl sites for hydroxylation is 1. The van der Waals surface area contributed by atoms with Crippen LogP contribution in [-0.2, 0) is 0 Å². The standard InChI is InChI=1S/C32H35N5S/c1-9-12-25(30-14-13-29(38-30)20(4)5)26-17-28(34-21(26)6)31-27-16-24(18-33-32(27)36-35-31)23(11-3)15-22(10-2)19-37(7)8/h9-18,34H,1-2,4,19H2,3,5-8H3,(H,33,35,36)/b22-15+,23-11+,25-12+. The predicted octanol–water partition coefficient (Wildman–Crippen LogP) is 8.05. The molecule has 0 fully saturated rings. The maximum absolute atomic E-state index is 4.66. The van der Waals surface area contributed by atoms with Gasteiger partial charge in [-0.25, -0.2) is 4.98 Å². The Morgan fingerprint density at radius 1 is 1.16 bits per heavy atom. The Labute approximate surface area is 229 Å². The van der Waals surface area contributed by atoms with Crippen LogP contribution in [0.5, 0.6) is 0 Å². The molecule has 4 heterocycles. The molecular weight excluding hydrogens is 486 g/mol. The predicted molar refractivity (Wildman–Crippen MR) is 165 cm³/mol. The van der Waals surface area contributed by atoms with Crippen LogP contribution in [0.3, 0.4) is 0 Å². The lowest BCUT2D eigenvalue weighted by atomic mass is 10.0. The summed E-state index contributed by atoms with van der Waals surface area (Å²) in [6.07, 6.45) is 12.0. The monoisotopic (exact) mass is 521 g/mol. The summed E-state index contributed by atoms with van der Waals surface area (Å²) in [6.45, 7) is 19.0. The second-order valence-electron chi connectivity index (χ2n) is 9.58. The third-order valence-corrected chi connectivity index (χ3v) is 7.59. The Balaban J connectivity index is 1.77. The van der Waals surface area contributed by atoms with Crippen molar-refractivity contribution in [3.63, 3.8) is 0 Å². The van der Waals surface area contributed by atoms with E-state index in [-0.39, 0.29) is 0 Å². The molecule has 4 rings (SSSR count). The maximum Gasteiger partial charge on any atom is 0.181 e. The average Bonchev–Trinajstić information content (AvgIpc) is 3.63. The van der Waals surface area contributed by atoms with Crippen LogP contribution in [0.1, 0.15) is 40.4 Å². The van der Waals surface area contributed by atoms with Gasteiger partial charge in [0.25, 0.3) is 0 Å². The molecule has 0 unspecified atom stereocenters. The summed E-state index contributed by atoms with van der Waals surface area (Å²) in [6, 6.07) is 8.60. The van der Waals surface area contributed by atoms with Gasteiger partial charge in [-0.05, 0) is 75.9 Å². The number of thiophene rings is 1. The fourth-order valence-corrected chi connectivity index (χ4v) is 5.41. The molecule has 0 aromatic carbocycles. The number of rotatable bonds is 10. The number of hydrogen-bond acceptors (Lipinski definition) is 4. The Bertz CT molecular complexity index is 1600. The van der Waals surface area contributed by atoms with Gasteiger partial charge in [0.15, 0.2) is 5.65 Å². The van der Waals surface area contributed by atoms with Gasteiger partial charge in [-0.15, -0.1) is 11.3 Å². The summed E-state index contributed by atoms with van der Waals surface area (Å²) in [5.74, 6) is 0. The van der Waals surface area contributed by atoms with E-state index in [1.165, 1.54) is 9.75 Å². The molecule has 4 aromatic heterocycles. The van der Waals surface area contributed by atoms with E-state index < -0.39 is 0 Å². The molecule has 194 valence electrons. The second-order valence-corrected chi connectivity index (χ2v) is 10.7. The van der Waals surface area contributed by atoms with Crippen molar-refractivity contribution in [3.8, 4) is 11.4 Å². The molecule has 0 aliphatic rings. The van der Waals surface area contributed by atoms with Crippen molar-refractivity contribution in [2.75, 3.05) is 20.6 Å². The third kappa shape index (κ3) is 5.62. The van der Waals surface area contributed by atoms with E-state index in [1.807, 2.05) is 32.2 Å². The highest BCUT2D eigenvalue weighted by Crippen LogP contribution is 2.36. The molecule has 38 heavy (non-hydrogen) atoms. The minimum absolute atomic E-state index is 0.681. The number of H-pyrrole nitrogens is 2. The number of pyridine rings is 1. The van der Waals surface area contributed by atoms with E-state index in [4.69, 9.17) is 0 Å². The lowest BCUT2D eigenvalue weighted by Gasteiger charge is -2.11. The van der Waals surface area contributed by atoms with Gasteiger partial charge in [-0.1, -0.05) is 50.1 Å². The summed E-state index contributed by atoms with van der Waals surface area (Å²) in [5.41, 5.74) is 10.2. The van der Waals surface area contributed by atoms with Gasteiger partial charge in [-0.3, -0.25) is 5.10 Å². The van der Waals surface area contributed by atoms with Crippen molar-refractivity contribution in [1.82, 2.24) is 25.1 Å². The molecule has 5 nitrogen and oxygen atoms in total. The van der Waals surface area contributed by atoms with E-state index in [1.54, 1.807) is 11.3 Å². The van der Waals surface area contributed by atoms with Crippen molar-refractivity contribution < 1.29 is 0 Å². The normalized spacial score (nSPS) is 12.9. The third-order valence-electron chi connectivity index (χ3n) is 6.31. The maximum atomic E-state index is 4.66. The summed E-state index contributed by atoms with van der Waals surface area (Å²) in [5, 5.41) is 8.66. The average molecular weight is 522 g/mol. The molecule has 0 amide bonds. The van der Waals surface area contributed by atoms with Crippen LogP contribution >= 0.6 is 11.3 Å². The number of aromatic nitrogens is 4. The lowest BCUT2D eigenvalue weighted by molar-refractivity contribution is 0.449. The van der Waals surface area contributed by atoms with Crippen LogP contribution in [0.25, 0.3) is 39.1 Å². The SMILES string of the molecule is C=C/C=C(/c1ccc(C(=C)C)s1)c1cc(-c2[nH]nc3ncc(C(/C=C(\C=C)CN(C)C)=C/C)cc23)[nH]c1C. The molecule has 0 radical (unpaired) electrons. The van der Waals surface area contributed by atoms with E-state index in [0.717, 1.165) is 62.4 Å². The number of aromatic amines is 2. The van der Waals surface area contributed by atoms with Crippen LogP contribution in [0, 0.1) is 6.92 Å². The van der Waals surface area contributed by atoms with Crippen molar-refractivity contribution >= 4 is 39.1 Å². The number of nitrogens with one attached hydrogen (secondary N) is 2. The Morgan fingerprint density at radius 3 is 2.55 bits per heavy atom. The van der Waals surface area contributed by atoms with Gasteiger partial charge in [0.1, 0.15) is 0 Å². The first-order chi connectivity index (χ1) is 18.2. The minimum atomic E-state index is 0.681. The highest BCUT2D eigenvalue weighted by atomic mass is 32.1. The molecule has 4 aromatic rings. The zero-order chi connectivity index (χ0) is 27.4. The fraction of sp³-hybridized carbons (Fsp3) is 0.188. The molecule has 0 atom stereocenters. The molecule has 0 saturated heterocycles. The minimum Gasteiger partial charge on any atom is -0.357 e. The molecule has 0 saturated carbocycles. The van der Waals surface area contributed by atoms with Crippen LogP contribution < -0.4 is 0 Å². The van der Waals surface area contributed by atoms with Crippen LogP contribution in [-0.4, -0.2) is 45.7 Å². The van der Waals surface area contributed by atoms with E-state index >= 15 is 0 Å². The van der Waals surface area contributed by atoms with Crippen molar-refractivity contribution in [1.29, 1.82) is 0 Å². The lowest BCUT2D eigenvalue weighted by Crippen LogP contribution is -2.14. The highest BCUT2D eigenvalue weighted by molar-refractivity contribution is 7.14. The van der Waals surface area contributed by atoms with Crippen molar-refractivity contribution in [2.24, 2.45) is 0 Å². The summed E-state index contributed by atoms with van der Waals surface area (Å²) in [7, 11) is 4.11. The Hall–Kier alpha value is -4.00. The van der Waals surface area contributed by atoms with E-state index in [0.29, 0.717) is 5.65 Å².